The van der Waals surface area contributed by atoms with E-state index in [2.05, 4.69) is 17.9 Å². The molecule has 2 rings (SSSR count). The first kappa shape index (κ1) is 20.0. The Kier molecular flexibility index (Phi) is 6.82. The molecule has 0 saturated heterocycles. The van der Waals surface area contributed by atoms with Crippen LogP contribution in [0.3, 0.4) is 0 Å². The molecule has 0 radical (unpaired) electrons. The number of hydrogen-bond acceptors (Lipinski definition) is 4. The third kappa shape index (κ3) is 4.44. The molecule has 2 aromatic carbocycles. The van der Waals surface area contributed by atoms with E-state index in [1.165, 1.54) is 0 Å². The average molecular weight is 371 g/mol. The third-order valence-electron chi connectivity index (χ3n) is 4.59. The van der Waals surface area contributed by atoms with Crippen molar-refractivity contribution in [2.45, 2.75) is 49.8 Å². The summed E-state index contributed by atoms with van der Waals surface area (Å²) in [7, 11) is -3.57. The highest BCUT2D eigenvalue weighted by Crippen LogP contribution is 2.30. The van der Waals surface area contributed by atoms with Crippen molar-refractivity contribution in [2.24, 2.45) is 0 Å². The van der Waals surface area contributed by atoms with Crippen LogP contribution < -0.4 is 4.90 Å². The maximum Gasteiger partial charge on any atom is 0.206 e. The van der Waals surface area contributed by atoms with E-state index in [-0.39, 0.29) is 0 Å². The molecule has 4 nitrogen and oxygen atoms in total. The molecule has 0 bridgehead atoms. The van der Waals surface area contributed by atoms with Crippen LogP contribution in [0.1, 0.15) is 37.3 Å². The highest BCUT2D eigenvalue weighted by Gasteiger charge is 2.21. The normalized spacial score (nSPS) is 11.2. The molecule has 0 saturated carbocycles. The molecule has 0 heterocycles. The Labute approximate surface area is 157 Å². The molecule has 0 aliphatic rings. The van der Waals surface area contributed by atoms with Crippen LogP contribution in [0.15, 0.2) is 52.3 Å². The van der Waals surface area contributed by atoms with E-state index >= 15 is 0 Å². The SMILES string of the molecule is CCCCN(CCC#N)c1cc(S(=O)(=O)c2ccccc2)cc(C)c1C. The molecule has 5 heteroatoms. The summed E-state index contributed by atoms with van der Waals surface area (Å²) in [5.41, 5.74) is 2.91. The van der Waals surface area contributed by atoms with Crippen molar-refractivity contribution in [2.75, 3.05) is 18.0 Å². The van der Waals surface area contributed by atoms with Crippen LogP contribution in [0.25, 0.3) is 0 Å². The summed E-state index contributed by atoms with van der Waals surface area (Å²) in [4.78, 5) is 2.74. The number of anilines is 1. The molecule has 0 fully saturated rings. The van der Waals surface area contributed by atoms with Crippen molar-refractivity contribution in [3.05, 3.63) is 53.6 Å². The topological polar surface area (TPSA) is 61.2 Å². The second kappa shape index (κ2) is 8.86. The lowest BCUT2D eigenvalue weighted by Crippen LogP contribution is -2.26. The molecule has 0 spiro atoms. The minimum absolute atomic E-state index is 0.298. The zero-order valence-electron chi connectivity index (χ0n) is 15.7. The van der Waals surface area contributed by atoms with E-state index in [1.54, 1.807) is 42.5 Å². The Balaban J connectivity index is 2.53. The van der Waals surface area contributed by atoms with Crippen molar-refractivity contribution in [1.82, 2.24) is 0 Å². The van der Waals surface area contributed by atoms with E-state index in [0.717, 1.165) is 36.2 Å². The van der Waals surface area contributed by atoms with Gasteiger partial charge in [-0.15, -0.1) is 0 Å². The fourth-order valence-corrected chi connectivity index (χ4v) is 4.30. The monoisotopic (exact) mass is 370 g/mol. The van der Waals surface area contributed by atoms with E-state index in [9.17, 15) is 8.42 Å². The Bertz CT molecular complexity index is 884. The van der Waals surface area contributed by atoms with Gasteiger partial charge in [0.25, 0.3) is 0 Å². The zero-order valence-corrected chi connectivity index (χ0v) is 16.5. The maximum absolute atomic E-state index is 13.0. The Morgan fingerprint density at radius 3 is 2.35 bits per heavy atom. The number of sulfone groups is 1. The van der Waals surface area contributed by atoms with Crippen LogP contribution in [0.5, 0.6) is 0 Å². The lowest BCUT2D eigenvalue weighted by Gasteiger charge is -2.27. The molecule has 0 aromatic heterocycles. The van der Waals surface area contributed by atoms with E-state index in [0.29, 0.717) is 22.8 Å². The number of hydrogen-bond donors (Lipinski definition) is 0. The lowest BCUT2D eigenvalue weighted by molar-refractivity contribution is 0.596. The Hall–Kier alpha value is -2.32. The fraction of sp³-hybridized carbons (Fsp3) is 0.381. The number of aryl methyl sites for hydroxylation is 1. The minimum atomic E-state index is -3.57. The van der Waals surface area contributed by atoms with Crippen LogP contribution in [-0.4, -0.2) is 21.5 Å². The summed E-state index contributed by atoms with van der Waals surface area (Å²) in [6.07, 6.45) is 2.46. The van der Waals surface area contributed by atoms with E-state index < -0.39 is 9.84 Å². The van der Waals surface area contributed by atoms with Gasteiger partial charge in [0.1, 0.15) is 0 Å². The average Bonchev–Trinajstić information content (AvgIpc) is 2.65. The minimum Gasteiger partial charge on any atom is -0.370 e. The van der Waals surface area contributed by atoms with E-state index in [4.69, 9.17) is 5.26 Å². The van der Waals surface area contributed by atoms with Crippen LogP contribution in [0.4, 0.5) is 5.69 Å². The molecule has 138 valence electrons. The van der Waals surface area contributed by atoms with Gasteiger partial charge in [-0.3, -0.25) is 0 Å². The largest absolute Gasteiger partial charge is 0.370 e. The maximum atomic E-state index is 13.0. The molecule has 0 aliphatic carbocycles. The van der Waals surface area contributed by atoms with Gasteiger partial charge in [-0.2, -0.15) is 5.26 Å². The third-order valence-corrected chi connectivity index (χ3v) is 6.34. The first-order chi connectivity index (χ1) is 12.4. The molecule has 0 unspecified atom stereocenters. The van der Waals surface area contributed by atoms with Gasteiger partial charge in [-0.1, -0.05) is 31.5 Å². The first-order valence-electron chi connectivity index (χ1n) is 8.95. The predicted molar refractivity (Wildman–Crippen MR) is 105 cm³/mol. The summed E-state index contributed by atoms with van der Waals surface area (Å²) in [6, 6.07) is 14.2. The lowest BCUT2D eigenvalue weighted by atomic mass is 10.1. The number of rotatable bonds is 8. The smallest absolute Gasteiger partial charge is 0.206 e. The quantitative estimate of drug-likeness (QED) is 0.678. The summed E-state index contributed by atoms with van der Waals surface area (Å²) in [6.45, 7) is 7.48. The highest BCUT2D eigenvalue weighted by molar-refractivity contribution is 7.91. The van der Waals surface area contributed by atoms with Crippen molar-refractivity contribution in [1.29, 1.82) is 5.26 Å². The molecular weight excluding hydrogens is 344 g/mol. The summed E-state index contributed by atoms with van der Waals surface area (Å²) >= 11 is 0. The first-order valence-corrected chi connectivity index (χ1v) is 10.4. The van der Waals surface area contributed by atoms with Gasteiger partial charge < -0.3 is 4.90 Å². The van der Waals surface area contributed by atoms with Crippen molar-refractivity contribution < 1.29 is 8.42 Å². The molecule has 0 atom stereocenters. The second-order valence-electron chi connectivity index (χ2n) is 6.45. The number of benzene rings is 2. The van der Waals surface area contributed by atoms with Crippen LogP contribution >= 0.6 is 0 Å². The predicted octanol–water partition coefficient (Wildman–Crippen LogP) is 4.66. The van der Waals surface area contributed by atoms with Gasteiger partial charge in [0, 0.05) is 18.8 Å². The number of nitrogens with zero attached hydrogens (tertiary/aromatic N) is 2. The molecule has 0 amide bonds. The zero-order chi connectivity index (χ0) is 19.2. The van der Waals surface area contributed by atoms with E-state index in [1.807, 2.05) is 13.8 Å². The number of nitriles is 1. The molecule has 2 aromatic rings. The van der Waals surface area contributed by atoms with Crippen molar-refractivity contribution in [3.63, 3.8) is 0 Å². The summed E-state index contributed by atoms with van der Waals surface area (Å²) in [5.74, 6) is 0. The Morgan fingerprint density at radius 2 is 1.73 bits per heavy atom. The van der Waals surface area contributed by atoms with Gasteiger partial charge in [0.2, 0.25) is 9.84 Å². The highest BCUT2D eigenvalue weighted by atomic mass is 32.2. The van der Waals surface area contributed by atoms with Gasteiger partial charge in [0.05, 0.1) is 22.3 Å². The molecule has 0 N–H and O–H groups in total. The number of unbranched alkanes of at least 4 members (excludes halogenated alkanes) is 1. The van der Waals surface area contributed by atoms with Gasteiger partial charge >= 0.3 is 0 Å². The molecular formula is C21H26N2O2S. The van der Waals surface area contributed by atoms with Crippen LogP contribution in [-0.2, 0) is 9.84 Å². The standard InChI is InChI=1S/C21H26N2O2S/c1-4-5-13-23(14-9-12-22)21-16-20(15-17(2)18(21)3)26(24,25)19-10-7-6-8-11-19/h6-8,10-11,15-16H,4-5,9,13-14H2,1-3H3. The molecule has 0 aliphatic heterocycles. The summed E-state index contributed by atoms with van der Waals surface area (Å²) in [5, 5.41) is 8.97. The van der Waals surface area contributed by atoms with Crippen molar-refractivity contribution >= 4 is 15.5 Å². The van der Waals surface area contributed by atoms with Gasteiger partial charge in [-0.05, 0) is 55.7 Å². The van der Waals surface area contributed by atoms with Gasteiger partial charge in [-0.25, -0.2) is 8.42 Å². The Morgan fingerprint density at radius 1 is 1.04 bits per heavy atom. The van der Waals surface area contributed by atoms with Gasteiger partial charge in [0.15, 0.2) is 0 Å². The van der Waals surface area contributed by atoms with Crippen molar-refractivity contribution in [3.8, 4) is 6.07 Å². The molecule has 26 heavy (non-hydrogen) atoms. The fourth-order valence-electron chi connectivity index (χ4n) is 2.91. The van der Waals surface area contributed by atoms with Crippen LogP contribution in [0.2, 0.25) is 0 Å². The van der Waals surface area contributed by atoms with Crippen LogP contribution in [0, 0.1) is 25.2 Å². The second-order valence-corrected chi connectivity index (χ2v) is 8.40. The summed E-state index contributed by atoms with van der Waals surface area (Å²) < 4.78 is 26.1.